The van der Waals surface area contributed by atoms with Gasteiger partial charge in [-0.3, -0.25) is 0 Å². The minimum Gasteiger partial charge on any atom is -0.545 e. The lowest BCUT2D eigenvalue weighted by atomic mass is 10.2. The molecular formula is C16H14IO4-. The molecular weight excluding hydrogens is 383 g/mol. The van der Waals surface area contributed by atoms with E-state index in [-0.39, 0.29) is 5.56 Å². The first-order valence-electron chi connectivity index (χ1n) is 6.46. The number of carbonyl (C=O) groups is 1. The summed E-state index contributed by atoms with van der Waals surface area (Å²) >= 11 is 2.03. The summed E-state index contributed by atoms with van der Waals surface area (Å²) in [4.78, 5) is 11.0. The van der Waals surface area contributed by atoms with E-state index in [2.05, 4.69) is 0 Å². The van der Waals surface area contributed by atoms with Gasteiger partial charge in [-0.15, -0.1) is 0 Å². The summed E-state index contributed by atoms with van der Waals surface area (Å²) in [5.41, 5.74) is 1.11. The summed E-state index contributed by atoms with van der Waals surface area (Å²) < 4.78 is 11.9. The highest BCUT2D eigenvalue weighted by molar-refractivity contribution is 14.1. The Bertz CT molecular complexity index is 626. The van der Waals surface area contributed by atoms with Crippen LogP contribution < -0.4 is 14.6 Å². The summed E-state index contributed by atoms with van der Waals surface area (Å²) in [7, 11) is 0. The Kier molecular flexibility index (Phi) is 5.44. The molecule has 110 valence electrons. The van der Waals surface area contributed by atoms with Gasteiger partial charge < -0.3 is 19.4 Å². The number of carboxylic acids is 1. The third-order valence-electron chi connectivity index (χ3n) is 2.77. The number of carbonyl (C=O) groups excluding carboxylic acids is 1. The second-order valence-electron chi connectivity index (χ2n) is 4.28. The number of hydrogen-bond acceptors (Lipinski definition) is 4. The molecule has 0 saturated carbocycles. The van der Waals surface area contributed by atoms with Crippen LogP contribution in [0.15, 0.2) is 42.5 Å². The zero-order valence-electron chi connectivity index (χ0n) is 11.5. The van der Waals surface area contributed by atoms with Crippen LogP contribution in [0.1, 0.15) is 22.8 Å². The third-order valence-corrected chi connectivity index (χ3v) is 3.57. The third kappa shape index (κ3) is 4.10. The van der Waals surface area contributed by atoms with Crippen LogP contribution in [0.4, 0.5) is 0 Å². The van der Waals surface area contributed by atoms with Gasteiger partial charge in [-0.05, 0) is 47.2 Å². The number of ether oxygens (including phenoxy) is 2. The Balaban J connectivity index is 2.26. The molecule has 2 aromatic rings. The fraction of sp³-hybridized carbons (Fsp3) is 0.188. The van der Waals surface area contributed by atoms with Gasteiger partial charge in [-0.25, -0.2) is 0 Å². The van der Waals surface area contributed by atoms with Crippen LogP contribution in [0.5, 0.6) is 11.5 Å². The smallest absolute Gasteiger partial charge is 0.175 e. The van der Waals surface area contributed by atoms with E-state index < -0.39 is 5.97 Å². The summed E-state index contributed by atoms with van der Waals surface area (Å²) in [5.74, 6) is -0.269. The molecule has 0 aliphatic carbocycles. The minimum atomic E-state index is -1.23. The number of benzene rings is 2. The van der Waals surface area contributed by atoms with E-state index in [0.717, 1.165) is 5.56 Å². The zero-order valence-corrected chi connectivity index (χ0v) is 13.6. The molecule has 0 aliphatic rings. The molecule has 21 heavy (non-hydrogen) atoms. The Morgan fingerprint density at radius 2 is 1.90 bits per heavy atom. The lowest BCUT2D eigenvalue weighted by Gasteiger charge is -2.16. The molecule has 0 unspecified atom stereocenters. The molecule has 0 atom stereocenters. The molecule has 0 N–H and O–H groups in total. The number of aromatic carboxylic acids is 1. The van der Waals surface area contributed by atoms with E-state index >= 15 is 0 Å². The molecule has 5 heteroatoms. The average molecular weight is 397 g/mol. The fourth-order valence-corrected chi connectivity index (χ4v) is 2.58. The standard InChI is InChI=1S/C16H15IO4/c1-2-20-14-9-12(16(18)19)8-13(17)15(14)21-10-11-6-4-3-5-7-11/h3-9H,2,10H2,1H3,(H,18,19)/p-1. The maximum atomic E-state index is 11.0. The van der Waals surface area contributed by atoms with Crippen molar-refractivity contribution in [2.24, 2.45) is 0 Å². The first kappa shape index (κ1) is 15.6. The maximum absolute atomic E-state index is 11.0. The molecule has 0 heterocycles. The normalized spacial score (nSPS) is 10.2. The minimum absolute atomic E-state index is 0.0786. The quantitative estimate of drug-likeness (QED) is 0.704. The van der Waals surface area contributed by atoms with Gasteiger partial charge in [0, 0.05) is 5.56 Å². The molecule has 0 spiro atoms. The monoisotopic (exact) mass is 397 g/mol. The molecule has 0 bridgehead atoms. The molecule has 0 radical (unpaired) electrons. The van der Waals surface area contributed by atoms with Gasteiger partial charge in [-0.2, -0.15) is 0 Å². The van der Waals surface area contributed by atoms with Crippen LogP contribution in [-0.4, -0.2) is 12.6 Å². The van der Waals surface area contributed by atoms with Gasteiger partial charge in [-0.1, -0.05) is 30.3 Å². The van der Waals surface area contributed by atoms with E-state index in [9.17, 15) is 9.90 Å². The number of halogens is 1. The highest BCUT2D eigenvalue weighted by Gasteiger charge is 2.13. The topological polar surface area (TPSA) is 58.6 Å². The molecule has 4 nitrogen and oxygen atoms in total. The van der Waals surface area contributed by atoms with Crippen molar-refractivity contribution in [1.82, 2.24) is 0 Å². The largest absolute Gasteiger partial charge is 0.545 e. The van der Waals surface area contributed by atoms with Crippen LogP contribution in [0.2, 0.25) is 0 Å². The van der Waals surface area contributed by atoms with Gasteiger partial charge in [0.15, 0.2) is 11.5 Å². The van der Waals surface area contributed by atoms with Crippen molar-refractivity contribution in [3.63, 3.8) is 0 Å². The fourth-order valence-electron chi connectivity index (χ4n) is 1.82. The molecule has 0 amide bonds. The first-order chi connectivity index (χ1) is 10.1. The summed E-state index contributed by atoms with van der Waals surface area (Å²) in [5, 5.41) is 11.0. The van der Waals surface area contributed by atoms with Crippen molar-refractivity contribution in [1.29, 1.82) is 0 Å². The van der Waals surface area contributed by atoms with Crippen molar-refractivity contribution in [3.05, 3.63) is 57.2 Å². The maximum Gasteiger partial charge on any atom is 0.175 e. The van der Waals surface area contributed by atoms with E-state index in [0.29, 0.717) is 28.3 Å². The average Bonchev–Trinajstić information content (AvgIpc) is 2.47. The molecule has 2 aromatic carbocycles. The van der Waals surface area contributed by atoms with Crippen LogP contribution in [-0.2, 0) is 6.61 Å². The Morgan fingerprint density at radius 3 is 2.52 bits per heavy atom. The number of carboxylic acid groups (broad SMARTS) is 1. The predicted molar refractivity (Wildman–Crippen MR) is 85.4 cm³/mol. The lowest BCUT2D eigenvalue weighted by Crippen LogP contribution is -2.22. The summed E-state index contributed by atoms with van der Waals surface area (Å²) in [6, 6.07) is 12.7. The van der Waals surface area contributed by atoms with Crippen molar-refractivity contribution >= 4 is 28.6 Å². The summed E-state index contributed by atoms with van der Waals surface area (Å²) in [6.45, 7) is 2.65. The molecule has 0 aliphatic heterocycles. The second-order valence-corrected chi connectivity index (χ2v) is 5.44. The van der Waals surface area contributed by atoms with Gasteiger partial charge in [0.05, 0.1) is 16.1 Å². The Labute approximate surface area is 136 Å². The van der Waals surface area contributed by atoms with E-state index in [1.165, 1.54) is 12.1 Å². The van der Waals surface area contributed by atoms with Gasteiger partial charge in [0.25, 0.3) is 0 Å². The van der Waals surface area contributed by atoms with Gasteiger partial charge in [0.1, 0.15) is 6.61 Å². The van der Waals surface area contributed by atoms with Crippen molar-refractivity contribution in [2.45, 2.75) is 13.5 Å². The molecule has 0 saturated heterocycles. The predicted octanol–water partition coefficient (Wildman–Crippen LogP) is 2.63. The van der Waals surface area contributed by atoms with Crippen molar-refractivity contribution in [2.75, 3.05) is 6.61 Å². The Morgan fingerprint density at radius 1 is 1.19 bits per heavy atom. The molecule has 2 rings (SSSR count). The molecule has 0 aromatic heterocycles. The zero-order chi connectivity index (χ0) is 15.2. The highest BCUT2D eigenvalue weighted by atomic mass is 127. The Hall–Kier alpha value is -1.76. The van der Waals surface area contributed by atoms with Gasteiger partial charge >= 0.3 is 0 Å². The second kappa shape index (κ2) is 7.31. The van der Waals surface area contributed by atoms with Gasteiger partial charge in [0.2, 0.25) is 0 Å². The summed E-state index contributed by atoms with van der Waals surface area (Å²) in [6.07, 6.45) is 0. The number of rotatable bonds is 6. The van der Waals surface area contributed by atoms with Crippen LogP contribution in [0, 0.1) is 3.57 Å². The lowest BCUT2D eigenvalue weighted by molar-refractivity contribution is -0.255. The first-order valence-corrected chi connectivity index (χ1v) is 7.54. The van der Waals surface area contributed by atoms with Crippen molar-refractivity contribution in [3.8, 4) is 11.5 Å². The van der Waals surface area contributed by atoms with Crippen LogP contribution in [0.3, 0.4) is 0 Å². The van der Waals surface area contributed by atoms with E-state index in [1.54, 1.807) is 0 Å². The van der Waals surface area contributed by atoms with E-state index in [4.69, 9.17) is 9.47 Å². The van der Waals surface area contributed by atoms with E-state index in [1.807, 2.05) is 59.8 Å². The van der Waals surface area contributed by atoms with Crippen LogP contribution in [0.25, 0.3) is 0 Å². The van der Waals surface area contributed by atoms with Crippen LogP contribution >= 0.6 is 22.6 Å². The molecule has 0 fully saturated rings. The number of hydrogen-bond donors (Lipinski definition) is 0. The SMILES string of the molecule is CCOc1cc(C(=O)[O-])cc(I)c1OCc1ccccc1. The highest BCUT2D eigenvalue weighted by Crippen LogP contribution is 2.34. The van der Waals surface area contributed by atoms with Crippen molar-refractivity contribution < 1.29 is 19.4 Å².